The van der Waals surface area contributed by atoms with Crippen LogP contribution in [0.15, 0.2) is 36.4 Å². The van der Waals surface area contributed by atoms with Gasteiger partial charge in [0.2, 0.25) is 0 Å². The molecule has 4 nitrogen and oxygen atoms in total. The van der Waals surface area contributed by atoms with Gasteiger partial charge in [-0.05, 0) is 43.1 Å². The minimum absolute atomic E-state index is 0.0678. The number of hydrogen-bond donors (Lipinski definition) is 0. The highest BCUT2D eigenvalue weighted by atomic mass is 28.4. The van der Waals surface area contributed by atoms with Gasteiger partial charge in [-0.25, -0.2) is 0 Å². The highest BCUT2D eigenvalue weighted by Crippen LogP contribution is 2.37. The molecule has 1 heterocycles. The van der Waals surface area contributed by atoms with E-state index in [0.29, 0.717) is 17.7 Å². The predicted octanol–water partition coefficient (Wildman–Crippen LogP) is 9.32. The quantitative estimate of drug-likeness (QED) is 0.0827. The second-order valence-electron chi connectivity index (χ2n) is 12.3. The standard InChI is InChI=1S/C32H53NO3Si/c1-7-8-9-10-11-12-13-14-15-16-17-18-19-20-23-27(26-36-37(5,6)32(2,3)4)33-30(34)28-24-21-22-25-29(28)31(33)35/h20-25,27H,7-19,26H2,1-6H3/b23-20-. The monoisotopic (exact) mass is 527 g/mol. The molecule has 1 unspecified atom stereocenters. The Kier molecular flexibility index (Phi) is 13.3. The maximum Gasteiger partial charge on any atom is 0.262 e. The number of carbonyl (C=O) groups excluding carboxylic acids is 2. The van der Waals surface area contributed by atoms with E-state index in [4.69, 9.17) is 4.43 Å². The summed E-state index contributed by atoms with van der Waals surface area (Å²) in [6.07, 6.45) is 21.2. The molecule has 0 bridgehead atoms. The summed E-state index contributed by atoms with van der Waals surface area (Å²) in [6.45, 7) is 13.7. The molecule has 0 aliphatic carbocycles. The lowest BCUT2D eigenvalue weighted by molar-refractivity contribution is 0.0569. The summed E-state index contributed by atoms with van der Waals surface area (Å²) in [6, 6.07) is 6.75. The van der Waals surface area contributed by atoms with E-state index in [1.807, 2.05) is 18.2 Å². The molecule has 0 saturated heterocycles. The van der Waals surface area contributed by atoms with E-state index < -0.39 is 8.32 Å². The average molecular weight is 528 g/mol. The number of carbonyl (C=O) groups is 2. The van der Waals surface area contributed by atoms with Crippen LogP contribution >= 0.6 is 0 Å². The van der Waals surface area contributed by atoms with Crippen molar-refractivity contribution in [1.29, 1.82) is 0 Å². The summed E-state index contributed by atoms with van der Waals surface area (Å²) in [4.78, 5) is 27.7. The lowest BCUT2D eigenvalue weighted by Crippen LogP contribution is -2.47. The van der Waals surface area contributed by atoms with Gasteiger partial charge >= 0.3 is 0 Å². The van der Waals surface area contributed by atoms with Crippen molar-refractivity contribution in [2.75, 3.05) is 6.61 Å². The van der Waals surface area contributed by atoms with Crippen molar-refractivity contribution in [2.24, 2.45) is 0 Å². The smallest absolute Gasteiger partial charge is 0.262 e. The topological polar surface area (TPSA) is 46.6 Å². The molecule has 0 aromatic heterocycles. The first-order valence-electron chi connectivity index (χ1n) is 14.9. The van der Waals surface area contributed by atoms with Gasteiger partial charge in [-0.1, -0.05) is 123 Å². The number of allylic oxidation sites excluding steroid dienone is 1. The molecule has 208 valence electrons. The van der Waals surface area contributed by atoms with Crippen LogP contribution in [0.4, 0.5) is 0 Å². The van der Waals surface area contributed by atoms with E-state index in [-0.39, 0.29) is 22.9 Å². The van der Waals surface area contributed by atoms with Crippen LogP contribution in [0.25, 0.3) is 0 Å². The van der Waals surface area contributed by atoms with Crippen LogP contribution < -0.4 is 0 Å². The van der Waals surface area contributed by atoms with Crippen LogP contribution in [0, 0.1) is 0 Å². The Bertz CT molecular complexity index is 836. The Labute approximate surface area is 228 Å². The van der Waals surface area contributed by atoms with Gasteiger partial charge in [-0.15, -0.1) is 0 Å². The molecular weight excluding hydrogens is 474 g/mol. The Morgan fingerprint density at radius 3 is 1.73 bits per heavy atom. The first-order valence-corrected chi connectivity index (χ1v) is 17.8. The predicted molar refractivity (Wildman–Crippen MR) is 159 cm³/mol. The van der Waals surface area contributed by atoms with Crippen molar-refractivity contribution in [1.82, 2.24) is 4.90 Å². The molecule has 0 radical (unpaired) electrons. The Morgan fingerprint density at radius 1 is 0.811 bits per heavy atom. The molecule has 1 aromatic carbocycles. The summed E-state index contributed by atoms with van der Waals surface area (Å²) in [5.74, 6) is -0.418. The number of benzene rings is 1. The molecule has 0 spiro atoms. The zero-order valence-corrected chi connectivity index (χ0v) is 25.6. The fourth-order valence-electron chi connectivity index (χ4n) is 4.59. The summed E-state index contributed by atoms with van der Waals surface area (Å²) in [7, 11) is -2.01. The molecular formula is C32H53NO3Si. The SMILES string of the molecule is CCCCCCCCCCCCCC/C=C\C(CO[Si](C)(C)C(C)(C)C)N1C(=O)c2ccccc2C1=O. The number of rotatable bonds is 18. The number of amides is 2. The van der Waals surface area contributed by atoms with Gasteiger partial charge in [0.05, 0.1) is 23.8 Å². The van der Waals surface area contributed by atoms with Crippen LogP contribution in [-0.2, 0) is 4.43 Å². The first kappa shape index (κ1) is 31.5. The molecule has 1 aliphatic heterocycles. The van der Waals surface area contributed by atoms with Crippen molar-refractivity contribution in [3.63, 3.8) is 0 Å². The molecule has 2 amide bonds. The minimum Gasteiger partial charge on any atom is -0.414 e. The second kappa shape index (κ2) is 15.6. The van der Waals surface area contributed by atoms with Gasteiger partial charge in [0.15, 0.2) is 8.32 Å². The van der Waals surface area contributed by atoms with Crippen molar-refractivity contribution in [2.45, 2.75) is 135 Å². The van der Waals surface area contributed by atoms with Crippen molar-refractivity contribution < 1.29 is 14.0 Å². The fraction of sp³-hybridized carbons (Fsp3) is 0.688. The molecule has 0 saturated carbocycles. The summed E-state index contributed by atoms with van der Waals surface area (Å²) >= 11 is 0. The number of unbranched alkanes of at least 4 members (excludes halogenated alkanes) is 12. The summed E-state index contributed by atoms with van der Waals surface area (Å²) < 4.78 is 6.48. The third kappa shape index (κ3) is 9.83. The largest absolute Gasteiger partial charge is 0.414 e. The lowest BCUT2D eigenvalue weighted by Gasteiger charge is -2.38. The first-order chi connectivity index (χ1) is 17.6. The van der Waals surface area contributed by atoms with Gasteiger partial charge in [0.25, 0.3) is 11.8 Å². The second-order valence-corrected chi connectivity index (χ2v) is 17.1. The normalized spacial score (nSPS) is 15.1. The lowest BCUT2D eigenvalue weighted by atomic mass is 10.0. The molecule has 1 aromatic rings. The minimum atomic E-state index is -2.01. The Hall–Kier alpha value is -1.72. The number of nitrogens with zero attached hydrogens (tertiary/aromatic N) is 1. The summed E-state index contributed by atoms with van der Waals surface area (Å²) in [5.41, 5.74) is 0.998. The van der Waals surface area contributed by atoms with Crippen LogP contribution in [-0.4, -0.2) is 37.7 Å². The molecule has 5 heteroatoms. The molecule has 37 heavy (non-hydrogen) atoms. The maximum absolute atomic E-state index is 13.1. The van der Waals surface area contributed by atoms with E-state index in [1.165, 1.54) is 75.5 Å². The third-order valence-corrected chi connectivity index (χ3v) is 12.7. The zero-order valence-electron chi connectivity index (χ0n) is 24.6. The van der Waals surface area contributed by atoms with Gasteiger partial charge < -0.3 is 4.43 Å². The number of fused-ring (bicyclic) bond motifs is 1. The van der Waals surface area contributed by atoms with E-state index in [1.54, 1.807) is 12.1 Å². The third-order valence-electron chi connectivity index (χ3n) is 8.16. The van der Waals surface area contributed by atoms with Gasteiger partial charge in [-0.3, -0.25) is 14.5 Å². The van der Waals surface area contributed by atoms with Crippen molar-refractivity contribution in [3.8, 4) is 0 Å². The van der Waals surface area contributed by atoms with Crippen LogP contribution in [0.1, 0.15) is 132 Å². The molecule has 2 rings (SSSR count). The van der Waals surface area contributed by atoms with Gasteiger partial charge in [0, 0.05) is 0 Å². The highest BCUT2D eigenvalue weighted by molar-refractivity contribution is 6.74. The molecule has 1 atom stereocenters. The van der Waals surface area contributed by atoms with Crippen LogP contribution in [0.3, 0.4) is 0 Å². The van der Waals surface area contributed by atoms with Crippen molar-refractivity contribution in [3.05, 3.63) is 47.5 Å². The van der Waals surface area contributed by atoms with E-state index in [0.717, 1.165) is 12.8 Å². The maximum atomic E-state index is 13.1. The van der Waals surface area contributed by atoms with Crippen molar-refractivity contribution >= 4 is 20.1 Å². The van der Waals surface area contributed by atoms with E-state index in [9.17, 15) is 9.59 Å². The summed E-state index contributed by atoms with van der Waals surface area (Å²) in [5, 5.41) is 0.0678. The van der Waals surface area contributed by atoms with Gasteiger partial charge in [0.1, 0.15) is 0 Å². The fourth-order valence-corrected chi connectivity index (χ4v) is 5.61. The molecule has 1 aliphatic rings. The van der Waals surface area contributed by atoms with E-state index >= 15 is 0 Å². The average Bonchev–Trinajstić information content (AvgIpc) is 3.10. The zero-order chi connectivity index (χ0) is 27.3. The Morgan fingerprint density at radius 2 is 1.27 bits per heavy atom. The number of hydrogen-bond acceptors (Lipinski definition) is 3. The Balaban J connectivity index is 1.82. The molecule has 0 N–H and O–H groups in total. The molecule has 0 fully saturated rings. The van der Waals surface area contributed by atoms with Gasteiger partial charge in [-0.2, -0.15) is 0 Å². The van der Waals surface area contributed by atoms with Crippen LogP contribution in [0.5, 0.6) is 0 Å². The highest BCUT2D eigenvalue weighted by Gasteiger charge is 2.42. The van der Waals surface area contributed by atoms with Crippen LogP contribution in [0.2, 0.25) is 18.1 Å². The van der Waals surface area contributed by atoms with E-state index in [2.05, 4.69) is 46.9 Å². The number of imide groups is 1.